The average Bonchev–Trinajstić information content (AvgIpc) is 2.47. The number of aryl methyl sites for hydroxylation is 1. The van der Waals surface area contributed by atoms with Crippen LogP contribution < -0.4 is 4.74 Å². The van der Waals surface area contributed by atoms with Gasteiger partial charge in [-0.15, -0.1) is 0 Å². The Morgan fingerprint density at radius 3 is 2.45 bits per heavy atom. The molecule has 2 nitrogen and oxygen atoms in total. The molecule has 0 atom stereocenters. The number of allylic oxidation sites excluding steroid dienone is 1. The quantitative estimate of drug-likeness (QED) is 0.596. The molecule has 0 unspecified atom stereocenters. The normalized spacial score (nSPS) is 10.7. The number of ketones is 1. The number of carbonyl (C=O) groups excluding carboxylic acids is 1. The minimum atomic E-state index is -0.00342. The summed E-state index contributed by atoms with van der Waals surface area (Å²) < 4.78 is 5.36. The molecule has 0 N–H and O–H groups in total. The van der Waals surface area contributed by atoms with Gasteiger partial charge in [0.15, 0.2) is 5.78 Å². The second-order valence-corrected chi connectivity index (χ2v) is 4.51. The SMILES string of the molecule is CCOc1ccc(C(=O)C=Cc2ccccc2C)cc1. The van der Waals surface area contributed by atoms with Gasteiger partial charge >= 0.3 is 0 Å². The maximum Gasteiger partial charge on any atom is 0.185 e. The van der Waals surface area contributed by atoms with Crippen molar-refractivity contribution in [2.45, 2.75) is 13.8 Å². The maximum absolute atomic E-state index is 12.1. The number of hydrogen-bond donors (Lipinski definition) is 0. The summed E-state index contributed by atoms with van der Waals surface area (Å²) in [5.74, 6) is 0.781. The summed E-state index contributed by atoms with van der Waals surface area (Å²) in [5.41, 5.74) is 2.88. The lowest BCUT2D eigenvalue weighted by molar-refractivity contribution is 0.104. The summed E-state index contributed by atoms with van der Waals surface area (Å²) in [6, 6.07) is 15.2. The fourth-order valence-corrected chi connectivity index (χ4v) is 1.92. The molecule has 2 aromatic carbocycles. The summed E-state index contributed by atoms with van der Waals surface area (Å²) in [5, 5.41) is 0. The van der Waals surface area contributed by atoms with Crippen LogP contribution in [0.2, 0.25) is 0 Å². The molecule has 0 amide bonds. The van der Waals surface area contributed by atoms with Crippen LogP contribution >= 0.6 is 0 Å². The van der Waals surface area contributed by atoms with Crippen LogP contribution in [0.1, 0.15) is 28.4 Å². The molecule has 0 aliphatic carbocycles. The van der Waals surface area contributed by atoms with Gasteiger partial charge in [-0.05, 0) is 55.3 Å². The third-order valence-corrected chi connectivity index (χ3v) is 3.05. The summed E-state index contributed by atoms with van der Waals surface area (Å²) in [6.45, 7) is 4.59. The first kappa shape index (κ1) is 14.1. The lowest BCUT2D eigenvalue weighted by Gasteiger charge is -2.03. The van der Waals surface area contributed by atoms with Crippen LogP contribution in [0.4, 0.5) is 0 Å². The van der Waals surface area contributed by atoms with E-state index in [1.165, 1.54) is 0 Å². The van der Waals surface area contributed by atoms with Gasteiger partial charge in [-0.1, -0.05) is 30.3 Å². The van der Waals surface area contributed by atoms with Gasteiger partial charge in [0.1, 0.15) is 5.75 Å². The van der Waals surface area contributed by atoms with E-state index in [0.29, 0.717) is 12.2 Å². The van der Waals surface area contributed by atoms with Gasteiger partial charge in [0.05, 0.1) is 6.61 Å². The fourth-order valence-electron chi connectivity index (χ4n) is 1.92. The van der Waals surface area contributed by atoms with Gasteiger partial charge in [-0.2, -0.15) is 0 Å². The molecule has 0 saturated carbocycles. The highest BCUT2D eigenvalue weighted by atomic mass is 16.5. The van der Waals surface area contributed by atoms with Gasteiger partial charge in [-0.25, -0.2) is 0 Å². The number of ether oxygens (including phenoxy) is 1. The van der Waals surface area contributed by atoms with Crippen LogP contribution in [-0.4, -0.2) is 12.4 Å². The lowest BCUT2D eigenvalue weighted by Crippen LogP contribution is -1.96. The van der Waals surface area contributed by atoms with E-state index in [-0.39, 0.29) is 5.78 Å². The van der Waals surface area contributed by atoms with Crippen molar-refractivity contribution in [2.75, 3.05) is 6.61 Å². The Labute approximate surface area is 119 Å². The predicted octanol–water partition coefficient (Wildman–Crippen LogP) is 4.29. The monoisotopic (exact) mass is 266 g/mol. The summed E-state index contributed by atoms with van der Waals surface area (Å²) in [6.07, 6.45) is 3.46. The van der Waals surface area contributed by atoms with Crippen LogP contribution in [0.5, 0.6) is 5.75 Å². The molecular formula is C18H18O2. The van der Waals surface area contributed by atoms with Crippen molar-refractivity contribution in [1.29, 1.82) is 0 Å². The van der Waals surface area contributed by atoms with Crippen LogP contribution in [-0.2, 0) is 0 Å². The Hall–Kier alpha value is -2.35. The topological polar surface area (TPSA) is 26.3 Å². The molecule has 102 valence electrons. The number of carbonyl (C=O) groups is 1. The summed E-state index contributed by atoms with van der Waals surface area (Å²) in [7, 11) is 0. The zero-order valence-corrected chi connectivity index (χ0v) is 11.8. The van der Waals surface area contributed by atoms with Crippen LogP contribution in [0.3, 0.4) is 0 Å². The molecule has 20 heavy (non-hydrogen) atoms. The van der Waals surface area contributed by atoms with E-state index in [1.54, 1.807) is 18.2 Å². The Morgan fingerprint density at radius 1 is 1.10 bits per heavy atom. The highest BCUT2D eigenvalue weighted by Crippen LogP contribution is 2.14. The average molecular weight is 266 g/mol. The van der Waals surface area contributed by atoms with Crippen LogP contribution in [0, 0.1) is 6.92 Å². The largest absolute Gasteiger partial charge is 0.494 e. The van der Waals surface area contributed by atoms with E-state index in [4.69, 9.17) is 4.74 Å². The van der Waals surface area contributed by atoms with Crippen molar-refractivity contribution in [1.82, 2.24) is 0 Å². The molecule has 2 heteroatoms. The number of hydrogen-bond acceptors (Lipinski definition) is 2. The molecule has 0 saturated heterocycles. The molecule has 0 heterocycles. The summed E-state index contributed by atoms with van der Waals surface area (Å²) in [4.78, 5) is 12.1. The van der Waals surface area contributed by atoms with Crippen LogP contribution in [0.15, 0.2) is 54.6 Å². The fraction of sp³-hybridized carbons (Fsp3) is 0.167. The van der Waals surface area contributed by atoms with Crippen LogP contribution in [0.25, 0.3) is 6.08 Å². The second kappa shape index (κ2) is 6.71. The summed E-state index contributed by atoms with van der Waals surface area (Å²) >= 11 is 0. The van der Waals surface area contributed by atoms with E-state index in [1.807, 2.05) is 56.3 Å². The molecule has 0 aliphatic rings. The molecule has 2 aromatic rings. The maximum atomic E-state index is 12.1. The van der Waals surface area contributed by atoms with E-state index in [0.717, 1.165) is 16.9 Å². The van der Waals surface area contributed by atoms with E-state index in [9.17, 15) is 4.79 Å². The van der Waals surface area contributed by atoms with Crippen molar-refractivity contribution in [3.05, 3.63) is 71.3 Å². The smallest absolute Gasteiger partial charge is 0.185 e. The molecule has 0 spiro atoms. The van der Waals surface area contributed by atoms with Crippen molar-refractivity contribution in [3.8, 4) is 5.75 Å². The first-order valence-corrected chi connectivity index (χ1v) is 6.71. The van der Waals surface area contributed by atoms with E-state index in [2.05, 4.69) is 0 Å². The molecule has 2 rings (SSSR count). The predicted molar refractivity (Wildman–Crippen MR) is 82.2 cm³/mol. The number of rotatable bonds is 5. The van der Waals surface area contributed by atoms with Gasteiger partial charge < -0.3 is 4.74 Å². The highest BCUT2D eigenvalue weighted by Gasteiger charge is 2.02. The Kier molecular flexibility index (Phi) is 4.72. The van der Waals surface area contributed by atoms with Crippen molar-refractivity contribution < 1.29 is 9.53 Å². The molecule has 0 bridgehead atoms. The van der Waals surface area contributed by atoms with Gasteiger partial charge in [0, 0.05) is 5.56 Å². The molecule has 0 aliphatic heterocycles. The molecular weight excluding hydrogens is 248 g/mol. The van der Waals surface area contributed by atoms with Crippen molar-refractivity contribution in [2.24, 2.45) is 0 Å². The third kappa shape index (κ3) is 3.58. The minimum absolute atomic E-state index is 0.00342. The molecule has 0 fully saturated rings. The lowest BCUT2D eigenvalue weighted by atomic mass is 10.1. The van der Waals surface area contributed by atoms with Crippen molar-refractivity contribution >= 4 is 11.9 Å². The van der Waals surface area contributed by atoms with Gasteiger partial charge in [0.25, 0.3) is 0 Å². The second-order valence-electron chi connectivity index (χ2n) is 4.51. The standard InChI is InChI=1S/C18H18O2/c1-3-20-17-11-8-16(9-12-17)18(19)13-10-15-7-5-4-6-14(15)2/h4-13H,3H2,1-2H3. The minimum Gasteiger partial charge on any atom is -0.494 e. The van der Waals surface area contributed by atoms with E-state index < -0.39 is 0 Å². The Bertz CT molecular complexity index is 610. The zero-order chi connectivity index (χ0) is 14.4. The first-order chi connectivity index (χ1) is 9.70. The highest BCUT2D eigenvalue weighted by molar-refractivity contribution is 6.06. The van der Waals surface area contributed by atoms with Gasteiger partial charge in [-0.3, -0.25) is 4.79 Å². The first-order valence-electron chi connectivity index (χ1n) is 6.71. The molecule has 0 radical (unpaired) electrons. The van der Waals surface area contributed by atoms with E-state index >= 15 is 0 Å². The molecule has 0 aromatic heterocycles. The Balaban J connectivity index is 2.10. The number of benzene rings is 2. The van der Waals surface area contributed by atoms with Gasteiger partial charge in [0.2, 0.25) is 0 Å². The van der Waals surface area contributed by atoms with Crippen molar-refractivity contribution in [3.63, 3.8) is 0 Å². The zero-order valence-electron chi connectivity index (χ0n) is 11.8. The Morgan fingerprint density at radius 2 is 1.80 bits per heavy atom. The third-order valence-electron chi connectivity index (χ3n) is 3.05.